The molecule has 0 unspecified atom stereocenters. The number of halogens is 6. The number of aryl methyl sites for hydroxylation is 7. The van der Waals surface area contributed by atoms with Gasteiger partial charge in [-0.3, -0.25) is 19.1 Å². The highest BCUT2D eigenvalue weighted by atomic mass is 19.4. The Kier molecular flexibility index (Phi) is 15.9. The topological polar surface area (TPSA) is 159 Å². The summed E-state index contributed by atoms with van der Waals surface area (Å²) < 4.78 is 102. The van der Waals surface area contributed by atoms with E-state index in [-0.39, 0.29) is 54.8 Å². The first kappa shape index (κ1) is 52.5. The fourth-order valence-electron chi connectivity index (χ4n) is 9.59. The number of nitriles is 1. The Bertz CT molecular complexity index is 3350. The predicted octanol–water partition coefficient (Wildman–Crippen LogP) is 11.3. The largest absolute Gasteiger partial charge is 0.472 e. The number of benzene rings is 3. The molecule has 2 saturated heterocycles. The van der Waals surface area contributed by atoms with E-state index in [4.69, 9.17) is 28.1 Å². The van der Waals surface area contributed by atoms with Gasteiger partial charge < -0.3 is 23.1 Å². The molecule has 1 amide bonds. The average molecular weight is 1050 g/mol. The van der Waals surface area contributed by atoms with Gasteiger partial charge >= 0.3 is 37.3 Å². The van der Waals surface area contributed by atoms with Crippen LogP contribution >= 0.6 is 0 Å². The zero-order valence-electron chi connectivity index (χ0n) is 41.4. The Balaban J connectivity index is 0.937. The van der Waals surface area contributed by atoms with Crippen LogP contribution in [0.3, 0.4) is 0 Å². The van der Waals surface area contributed by atoms with Gasteiger partial charge in [0, 0.05) is 43.9 Å². The van der Waals surface area contributed by atoms with Crippen molar-refractivity contribution >= 4 is 40.4 Å². The number of hydrogen-bond acceptors (Lipinski definition) is 11. The summed E-state index contributed by atoms with van der Waals surface area (Å²) in [7, 11) is 0. The third-order valence-electron chi connectivity index (χ3n) is 13.2. The third kappa shape index (κ3) is 12.2. The number of para-hydroxylation sites is 1. The van der Waals surface area contributed by atoms with E-state index in [0.717, 1.165) is 24.0 Å². The minimum atomic E-state index is -5.23. The standard InChI is InChI=1S/C55H52F6N10O5/c1-36-49(74-46(65-36)22-10-17-37-13-4-2-5-14-37)70(52(72)54(56,57)58)30-27-63-33-43-51(75-47(66-43)25-23-38-15-6-3-7-16-38)69-29-12-19-41(69)32-64-34-44-50(68-28-11-18-40(68)31-62)76-48(67-44)26-24-39-35-71(53(73)55(59,60)61)45-21-9-8-20-42(39)45/h2-9,13-16,20-21,35,40-41H,10-12,17-19,22-26,28-30,33-34H2,1H3/q+2/t40-,41-/m0/s1. The Morgan fingerprint density at radius 1 is 0.697 bits per heavy atom. The first-order valence-corrected chi connectivity index (χ1v) is 25.0. The van der Waals surface area contributed by atoms with Crippen LogP contribution in [0.15, 0.2) is 104 Å². The molecular weight excluding hydrogens is 995 g/mol. The van der Waals surface area contributed by atoms with E-state index in [0.29, 0.717) is 107 Å². The van der Waals surface area contributed by atoms with Gasteiger partial charge in [0.1, 0.15) is 11.7 Å². The number of nitrogens with zero attached hydrogens (tertiary/aromatic N) is 10. The predicted molar refractivity (Wildman–Crippen MR) is 269 cm³/mol. The van der Waals surface area contributed by atoms with Crippen molar-refractivity contribution in [3.8, 4) is 18.2 Å². The molecule has 2 fully saturated rings. The van der Waals surface area contributed by atoms with E-state index < -0.39 is 42.8 Å². The molecule has 76 heavy (non-hydrogen) atoms. The molecule has 9 rings (SSSR count). The summed E-state index contributed by atoms with van der Waals surface area (Å²) in [6.45, 7) is 1.69. The molecule has 0 N–H and O–H groups in total. The lowest BCUT2D eigenvalue weighted by atomic mass is 10.1. The van der Waals surface area contributed by atoms with Crippen molar-refractivity contribution in [2.24, 2.45) is 0 Å². The molecule has 0 spiro atoms. The van der Waals surface area contributed by atoms with Crippen molar-refractivity contribution in [2.45, 2.75) is 115 Å². The molecule has 0 aliphatic carbocycles. The van der Waals surface area contributed by atoms with Crippen molar-refractivity contribution in [1.29, 1.82) is 5.26 Å². The van der Waals surface area contributed by atoms with Crippen molar-refractivity contribution in [3.63, 3.8) is 0 Å². The molecule has 2 aliphatic rings. The maximum Gasteiger partial charge on any atom is 0.472 e. The molecule has 2 atom stereocenters. The van der Waals surface area contributed by atoms with Gasteiger partial charge in [-0.15, -0.1) is 0 Å². The van der Waals surface area contributed by atoms with Gasteiger partial charge in [0.25, 0.3) is 12.1 Å². The maximum atomic E-state index is 14.0. The number of carbonyl (C=O) groups is 2. The SMILES string of the molecule is Cc1nc(CCCc2ccccc2)oc1N(CC#[N+]Cc1nc(CCc2ccccc2)oc1N1CCC[C@H]1C#[N+]Cc1nc(CCc2cn(C(=O)C(F)(F)F)c3ccccc23)oc1N1CCC[C@H]1C#N)C(=O)C(F)(F)F. The van der Waals surface area contributed by atoms with Crippen LogP contribution < -0.4 is 14.7 Å². The summed E-state index contributed by atoms with van der Waals surface area (Å²) in [4.78, 5) is 52.3. The Morgan fingerprint density at radius 2 is 1.28 bits per heavy atom. The summed E-state index contributed by atoms with van der Waals surface area (Å²) >= 11 is 0. The number of fused-ring (bicyclic) bond motifs is 1. The van der Waals surface area contributed by atoms with E-state index >= 15 is 0 Å². The number of oxazole rings is 3. The lowest BCUT2D eigenvalue weighted by molar-refractivity contribution is -0.170. The fourth-order valence-corrected chi connectivity index (χ4v) is 9.59. The van der Waals surface area contributed by atoms with Gasteiger partial charge in [0.15, 0.2) is 41.6 Å². The number of anilines is 3. The number of aromatic nitrogens is 4. The third-order valence-corrected chi connectivity index (χ3v) is 13.2. The average Bonchev–Trinajstić information content (AvgIpc) is 4.30. The van der Waals surface area contributed by atoms with Crippen LogP contribution in [0.2, 0.25) is 0 Å². The second-order valence-electron chi connectivity index (χ2n) is 18.5. The summed E-state index contributed by atoms with van der Waals surface area (Å²) in [5, 5.41) is 10.5. The molecule has 392 valence electrons. The van der Waals surface area contributed by atoms with Gasteiger partial charge in [-0.25, -0.2) is 15.0 Å². The highest BCUT2D eigenvalue weighted by Gasteiger charge is 2.45. The van der Waals surface area contributed by atoms with Crippen molar-refractivity contribution in [2.75, 3.05) is 34.3 Å². The van der Waals surface area contributed by atoms with Gasteiger partial charge in [0.2, 0.25) is 17.7 Å². The van der Waals surface area contributed by atoms with Crippen molar-refractivity contribution < 1.29 is 49.2 Å². The normalized spacial score (nSPS) is 15.6. The Morgan fingerprint density at radius 3 is 1.92 bits per heavy atom. The highest BCUT2D eigenvalue weighted by molar-refractivity contribution is 5.97. The molecular formula is C55H52F6N10O5+2. The Hall–Kier alpha value is -8.38. The number of carbonyl (C=O) groups excluding carboxylic acids is 2. The van der Waals surface area contributed by atoms with Gasteiger partial charge in [-0.1, -0.05) is 88.6 Å². The summed E-state index contributed by atoms with van der Waals surface area (Å²) in [6.07, 6.45) is -3.34. The van der Waals surface area contributed by atoms with E-state index in [2.05, 4.69) is 28.0 Å². The van der Waals surface area contributed by atoms with Crippen LogP contribution in [-0.2, 0) is 56.4 Å². The van der Waals surface area contributed by atoms with Gasteiger partial charge in [-0.2, -0.15) is 31.6 Å². The second-order valence-corrected chi connectivity index (χ2v) is 18.5. The molecule has 3 aromatic carbocycles. The van der Waals surface area contributed by atoms with E-state index in [1.165, 1.54) is 19.2 Å². The lowest BCUT2D eigenvalue weighted by Crippen LogP contribution is -2.41. The van der Waals surface area contributed by atoms with Crippen LogP contribution in [0, 0.1) is 30.4 Å². The first-order valence-electron chi connectivity index (χ1n) is 25.0. The zero-order valence-corrected chi connectivity index (χ0v) is 41.4. The molecule has 6 heterocycles. The fraction of sp³-hybridized carbons (Fsp3) is 0.382. The molecule has 0 saturated carbocycles. The van der Waals surface area contributed by atoms with E-state index in [1.54, 1.807) is 18.2 Å². The van der Waals surface area contributed by atoms with Crippen LogP contribution in [0.5, 0.6) is 0 Å². The second kappa shape index (κ2) is 23.0. The first-order chi connectivity index (χ1) is 36.6. The minimum Gasteiger partial charge on any atom is -0.424 e. The monoisotopic (exact) mass is 1050 g/mol. The van der Waals surface area contributed by atoms with Gasteiger partial charge in [0.05, 0.1) is 11.6 Å². The van der Waals surface area contributed by atoms with Crippen LogP contribution in [0.1, 0.15) is 88.3 Å². The molecule has 2 aliphatic heterocycles. The zero-order chi connectivity index (χ0) is 53.4. The Labute approximate surface area is 433 Å². The highest BCUT2D eigenvalue weighted by Crippen LogP contribution is 2.35. The van der Waals surface area contributed by atoms with Crippen molar-refractivity contribution in [1.82, 2.24) is 19.5 Å². The number of hydrogen-bond donors (Lipinski definition) is 0. The summed E-state index contributed by atoms with van der Waals surface area (Å²) in [5.41, 5.74) is 3.71. The lowest BCUT2D eigenvalue weighted by Gasteiger charge is -2.18. The smallest absolute Gasteiger partial charge is 0.424 e. The molecule has 0 bridgehead atoms. The van der Waals surface area contributed by atoms with E-state index in [1.807, 2.05) is 70.5 Å². The van der Waals surface area contributed by atoms with E-state index in [9.17, 15) is 41.2 Å². The summed E-state index contributed by atoms with van der Waals surface area (Å²) in [5.74, 6) is -2.87. The van der Waals surface area contributed by atoms with Crippen LogP contribution in [0.4, 0.5) is 44.0 Å². The molecule has 21 heteroatoms. The number of rotatable bonds is 16. The van der Waals surface area contributed by atoms with Crippen molar-refractivity contribution in [3.05, 3.63) is 152 Å². The molecule has 15 nitrogen and oxygen atoms in total. The molecule has 4 aromatic heterocycles. The number of alkyl halides is 6. The molecule has 7 aromatic rings. The van der Waals surface area contributed by atoms with Crippen LogP contribution in [-0.4, -0.2) is 75.4 Å². The summed E-state index contributed by atoms with van der Waals surface area (Å²) in [6, 6.07) is 33.1. The quantitative estimate of drug-likeness (QED) is 0.0669. The van der Waals surface area contributed by atoms with Gasteiger partial charge in [-0.05, 0) is 81.0 Å². The minimum absolute atomic E-state index is 0.00897. The molecule has 0 radical (unpaired) electrons. The van der Waals surface area contributed by atoms with Crippen LogP contribution in [0.25, 0.3) is 20.6 Å². The maximum absolute atomic E-state index is 14.0. The number of amides is 1.